The number of halogens is 4. The summed E-state index contributed by atoms with van der Waals surface area (Å²) in [4.78, 5) is 11.3. The van der Waals surface area contributed by atoms with Crippen molar-refractivity contribution in [1.82, 2.24) is 0 Å². The van der Waals surface area contributed by atoms with Crippen molar-refractivity contribution in [2.45, 2.75) is 6.18 Å². The van der Waals surface area contributed by atoms with Crippen LogP contribution < -0.4 is 0 Å². The van der Waals surface area contributed by atoms with Crippen LogP contribution in [0.2, 0.25) is 0 Å². The largest absolute Gasteiger partial charge is 0.417 e. The maximum atomic E-state index is 12.6. The average Bonchev–Trinajstić information content (AvgIpc) is 2.26. The van der Waals surface area contributed by atoms with Crippen molar-refractivity contribution in [1.29, 1.82) is 5.26 Å². The number of Topliss-reactive ketones (excluding diaryl/α,β-unsaturated/α-hetero) is 1. The third-order valence-electron chi connectivity index (χ3n) is 1.88. The lowest BCUT2D eigenvalue weighted by atomic mass is 10.0. The minimum atomic E-state index is -4.64. The maximum Gasteiger partial charge on any atom is 0.417 e. The van der Waals surface area contributed by atoms with Crippen LogP contribution in [0.3, 0.4) is 0 Å². The third kappa shape index (κ3) is 2.61. The van der Waals surface area contributed by atoms with E-state index >= 15 is 0 Å². The zero-order chi connectivity index (χ0) is 12.3. The Hall–Kier alpha value is -1.35. The molecule has 0 saturated carbocycles. The standard InChI is InChI=1S/C10H5BrF3NO/c11-4-9(16)7-2-1-6(5-15)3-8(7)10(12,13)14/h1-3H,4H2. The molecule has 6 heteroatoms. The van der Waals surface area contributed by atoms with Crippen LogP contribution in [-0.2, 0) is 6.18 Å². The second-order valence-corrected chi connectivity index (χ2v) is 3.49. The molecule has 1 rings (SSSR count). The molecule has 0 N–H and O–H groups in total. The lowest BCUT2D eigenvalue weighted by molar-refractivity contribution is -0.137. The van der Waals surface area contributed by atoms with E-state index in [2.05, 4.69) is 15.9 Å². The van der Waals surface area contributed by atoms with Gasteiger partial charge in [0, 0.05) is 5.56 Å². The second kappa shape index (κ2) is 4.66. The zero-order valence-electron chi connectivity index (χ0n) is 7.81. The Morgan fingerprint density at radius 1 is 1.44 bits per heavy atom. The first-order valence-electron chi connectivity index (χ1n) is 4.10. The molecule has 2 nitrogen and oxygen atoms in total. The highest BCUT2D eigenvalue weighted by molar-refractivity contribution is 9.09. The van der Waals surface area contributed by atoms with E-state index in [1.165, 1.54) is 6.07 Å². The molecule has 16 heavy (non-hydrogen) atoms. The first-order valence-corrected chi connectivity index (χ1v) is 5.22. The highest BCUT2D eigenvalue weighted by atomic mass is 79.9. The molecule has 0 aliphatic carbocycles. The Morgan fingerprint density at radius 2 is 2.06 bits per heavy atom. The van der Waals surface area contributed by atoms with Crippen molar-refractivity contribution in [3.63, 3.8) is 0 Å². The number of carbonyl (C=O) groups is 1. The van der Waals surface area contributed by atoms with E-state index in [1.54, 1.807) is 6.07 Å². The summed E-state index contributed by atoms with van der Waals surface area (Å²) >= 11 is 2.81. The summed E-state index contributed by atoms with van der Waals surface area (Å²) < 4.78 is 37.8. The number of hydrogen-bond donors (Lipinski definition) is 0. The summed E-state index contributed by atoms with van der Waals surface area (Å²) in [5.41, 5.74) is -1.63. The molecule has 0 aliphatic rings. The summed E-state index contributed by atoms with van der Waals surface area (Å²) in [5, 5.41) is 8.31. The van der Waals surface area contributed by atoms with Gasteiger partial charge in [-0.2, -0.15) is 18.4 Å². The van der Waals surface area contributed by atoms with Crippen LogP contribution in [0.25, 0.3) is 0 Å². The topological polar surface area (TPSA) is 40.9 Å². The highest BCUT2D eigenvalue weighted by Gasteiger charge is 2.35. The first kappa shape index (κ1) is 12.7. The van der Waals surface area contributed by atoms with Crippen molar-refractivity contribution < 1.29 is 18.0 Å². The van der Waals surface area contributed by atoms with Gasteiger partial charge in [0.25, 0.3) is 0 Å². The van der Waals surface area contributed by atoms with Crippen LogP contribution in [-0.4, -0.2) is 11.1 Å². The lowest BCUT2D eigenvalue weighted by Gasteiger charge is -2.11. The average molecular weight is 292 g/mol. The molecule has 0 aliphatic heterocycles. The summed E-state index contributed by atoms with van der Waals surface area (Å²) in [6.45, 7) is 0. The van der Waals surface area contributed by atoms with E-state index < -0.39 is 23.1 Å². The molecular formula is C10H5BrF3NO. The smallest absolute Gasteiger partial charge is 0.293 e. The molecule has 0 amide bonds. The Labute approximate surface area is 97.8 Å². The monoisotopic (exact) mass is 291 g/mol. The van der Waals surface area contributed by atoms with Crippen LogP contribution in [0.5, 0.6) is 0 Å². The van der Waals surface area contributed by atoms with Gasteiger partial charge in [0.2, 0.25) is 0 Å². The molecule has 1 aromatic rings. The zero-order valence-corrected chi connectivity index (χ0v) is 9.39. The van der Waals surface area contributed by atoms with E-state index in [4.69, 9.17) is 5.26 Å². The molecule has 0 atom stereocenters. The van der Waals surface area contributed by atoms with Gasteiger partial charge < -0.3 is 0 Å². The molecule has 0 heterocycles. The molecule has 0 radical (unpaired) electrons. The molecule has 0 unspecified atom stereocenters. The van der Waals surface area contributed by atoms with Crippen LogP contribution in [0, 0.1) is 11.3 Å². The quantitative estimate of drug-likeness (QED) is 0.620. The first-order chi connectivity index (χ1) is 7.40. The molecule has 0 aromatic heterocycles. The Balaban J connectivity index is 3.40. The Morgan fingerprint density at radius 3 is 2.50 bits per heavy atom. The van der Waals surface area contributed by atoms with Gasteiger partial charge in [-0.05, 0) is 18.2 Å². The second-order valence-electron chi connectivity index (χ2n) is 2.93. The van der Waals surface area contributed by atoms with Gasteiger partial charge in [0.15, 0.2) is 5.78 Å². The lowest BCUT2D eigenvalue weighted by Crippen LogP contribution is -2.14. The molecule has 0 spiro atoms. The SMILES string of the molecule is N#Cc1ccc(C(=O)CBr)c(C(F)(F)F)c1. The number of carbonyl (C=O) groups excluding carboxylic acids is 1. The van der Waals surface area contributed by atoms with Gasteiger partial charge in [-0.3, -0.25) is 4.79 Å². The van der Waals surface area contributed by atoms with E-state index in [0.717, 1.165) is 6.07 Å². The van der Waals surface area contributed by atoms with E-state index in [0.29, 0.717) is 6.07 Å². The van der Waals surface area contributed by atoms with E-state index in [9.17, 15) is 18.0 Å². The minimum Gasteiger partial charge on any atom is -0.293 e. The molecule has 0 saturated heterocycles. The molecule has 1 aromatic carbocycles. The van der Waals surface area contributed by atoms with Crippen LogP contribution in [0.4, 0.5) is 13.2 Å². The fourth-order valence-electron chi connectivity index (χ4n) is 1.16. The summed E-state index contributed by atoms with van der Waals surface area (Å²) in [5.74, 6) is -0.670. The van der Waals surface area contributed by atoms with Crippen molar-refractivity contribution in [2.24, 2.45) is 0 Å². The molecule has 0 fully saturated rings. The van der Waals surface area contributed by atoms with Crippen LogP contribution >= 0.6 is 15.9 Å². The van der Waals surface area contributed by atoms with Crippen molar-refractivity contribution in [2.75, 3.05) is 5.33 Å². The van der Waals surface area contributed by atoms with Gasteiger partial charge in [-0.25, -0.2) is 0 Å². The maximum absolute atomic E-state index is 12.6. The van der Waals surface area contributed by atoms with Crippen LogP contribution in [0.1, 0.15) is 21.5 Å². The molecular weight excluding hydrogens is 287 g/mol. The van der Waals surface area contributed by atoms with E-state index in [1.807, 2.05) is 0 Å². The van der Waals surface area contributed by atoms with Gasteiger partial charge in [0.05, 0.1) is 22.5 Å². The van der Waals surface area contributed by atoms with Gasteiger partial charge in [0.1, 0.15) is 0 Å². The number of nitriles is 1. The van der Waals surface area contributed by atoms with Crippen molar-refractivity contribution in [3.8, 4) is 6.07 Å². The Bertz CT molecular complexity index is 462. The predicted molar refractivity (Wildman–Crippen MR) is 54.3 cm³/mol. The third-order valence-corrected chi connectivity index (χ3v) is 2.39. The van der Waals surface area contributed by atoms with Gasteiger partial charge in [-0.1, -0.05) is 15.9 Å². The molecule has 0 bridgehead atoms. The fraction of sp³-hybridized carbons (Fsp3) is 0.200. The van der Waals surface area contributed by atoms with Gasteiger partial charge in [-0.15, -0.1) is 0 Å². The molecule has 84 valence electrons. The number of rotatable bonds is 2. The number of ketones is 1. The summed E-state index contributed by atoms with van der Waals surface area (Å²) in [6.07, 6.45) is -4.64. The number of alkyl halides is 4. The van der Waals surface area contributed by atoms with Gasteiger partial charge >= 0.3 is 6.18 Å². The number of nitrogens with zero attached hydrogens (tertiary/aromatic N) is 1. The predicted octanol–water partition coefficient (Wildman–Crippen LogP) is 3.15. The highest BCUT2D eigenvalue weighted by Crippen LogP contribution is 2.33. The van der Waals surface area contributed by atoms with Crippen molar-refractivity contribution in [3.05, 3.63) is 34.9 Å². The minimum absolute atomic E-state index is 0.126. The normalized spacial score (nSPS) is 10.9. The summed E-state index contributed by atoms with van der Waals surface area (Å²) in [7, 11) is 0. The Kier molecular flexibility index (Phi) is 3.70. The van der Waals surface area contributed by atoms with E-state index in [-0.39, 0.29) is 10.9 Å². The fourth-order valence-corrected chi connectivity index (χ4v) is 1.47. The number of benzene rings is 1. The van der Waals surface area contributed by atoms with Crippen molar-refractivity contribution >= 4 is 21.7 Å². The van der Waals surface area contributed by atoms with Crippen LogP contribution in [0.15, 0.2) is 18.2 Å². The summed E-state index contributed by atoms with van der Waals surface area (Å²) in [6, 6.07) is 4.48. The number of hydrogen-bond acceptors (Lipinski definition) is 2.